The summed E-state index contributed by atoms with van der Waals surface area (Å²) in [4.78, 5) is 16.3. The van der Waals surface area contributed by atoms with Crippen LogP contribution < -0.4 is 19.1 Å². The summed E-state index contributed by atoms with van der Waals surface area (Å²) in [5, 5.41) is 11.2. The highest BCUT2D eigenvalue weighted by Crippen LogP contribution is 2.39. The third kappa shape index (κ3) is 3.88. The van der Waals surface area contributed by atoms with Gasteiger partial charge in [-0.05, 0) is 42.7 Å². The van der Waals surface area contributed by atoms with E-state index in [2.05, 4.69) is 4.90 Å². The number of likely N-dealkylation sites (tertiary alicyclic amines) is 1. The first-order valence-corrected chi connectivity index (χ1v) is 10.5. The van der Waals surface area contributed by atoms with Crippen LogP contribution >= 0.6 is 0 Å². The Bertz CT molecular complexity index is 972. The topological polar surface area (TPSA) is 80.7 Å². The van der Waals surface area contributed by atoms with Crippen LogP contribution in [0.5, 0.6) is 17.2 Å². The Balaban J connectivity index is 1.19. The van der Waals surface area contributed by atoms with E-state index in [1.54, 1.807) is 12.0 Å². The summed E-state index contributed by atoms with van der Waals surface area (Å²) < 4.78 is 21.7. The fourth-order valence-corrected chi connectivity index (χ4v) is 4.47. The summed E-state index contributed by atoms with van der Waals surface area (Å²) in [6.45, 7) is 2.80. The first-order chi connectivity index (χ1) is 15.0. The van der Waals surface area contributed by atoms with E-state index in [9.17, 15) is 9.90 Å². The van der Waals surface area contributed by atoms with E-state index in [1.165, 1.54) is 0 Å². The van der Waals surface area contributed by atoms with Gasteiger partial charge in [-0.3, -0.25) is 9.80 Å². The third-order valence-electron chi connectivity index (χ3n) is 6.29. The van der Waals surface area contributed by atoms with Crippen molar-refractivity contribution in [3.8, 4) is 17.2 Å². The minimum Gasteiger partial charge on any atom is -0.497 e. The summed E-state index contributed by atoms with van der Waals surface area (Å²) in [5.74, 6) is 2.10. The second-order valence-corrected chi connectivity index (χ2v) is 8.22. The van der Waals surface area contributed by atoms with Gasteiger partial charge in [0, 0.05) is 25.7 Å². The van der Waals surface area contributed by atoms with E-state index in [-0.39, 0.29) is 19.0 Å². The Morgan fingerprint density at radius 1 is 1.13 bits per heavy atom. The molecular weight excluding hydrogens is 400 g/mol. The average molecular weight is 426 g/mol. The highest BCUT2D eigenvalue weighted by atomic mass is 16.7. The highest BCUT2D eigenvalue weighted by molar-refractivity contribution is 5.90. The maximum atomic E-state index is 12.4. The molecule has 1 N–H and O–H groups in total. The zero-order chi connectivity index (χ0) is 21.4. The van der Waals surface area contributed by atoms with Gasteiger partial charge < -0.3 is 24.1 Å². The lowest BCUT2D eigenvalue weighted by atomic mass is 9.84. The number of aliphatic hydroxyl groups is 1. The number of fused-ring (bicyclic) bond motifs is 1. The van der Waals surface area contributed by atoms with Gasteiger partial charge >= 0.3 is 6.09 Å². The van der Waals surface area contributed by atoms with Crippen molar-refractivity contribution in [3.63, 3.8) is 0 Å². The van der Waals surface area contributed by atoms with E-state index >= 15 is 0 Å². The molecule has 8 nitrogen and oxygen atoms in total. The Morgan fingerprint density at radius 2 is 1.94 bits per heavy atom. The molecular formula is C23H26N2O6. The van der Waals surface area contributed by atoms with Crippen LogP contribution in [0.2, 0.25) is 0 Å². The standard InChI is InChI=1S/C23H26N2O6/c1-28-18-4-2-3-17(12-18)25-14-19(31-22(25)26)13-24-9-7-23(27,8-10-24)16-5-6-20-21(11-16)30-15-29-20/h2-6,11-12,19,27H,7-10,13-15H2,1H3. The van der Waals surface area contributed by atoms with E-state index in [0.29, 0.717) is 43.2 Å². The number of hydrogen-bond donors (Lipinski definition) is 1. The van der Waals surface area contributed by atoms with Crippen molar-refractivity contribution in [2.24, 2.45) is 0 Å². The van der Waals surface area contributed by atoms with E-state index < -0.39 is 5.60 Å². The molecule has 0 aromatic heterocycles. The van der Waals surface area contributed by atoms with Gasteiger partial charge in [0.2, 0.25) is 6.79 Å². The molecule has 5 rings (SSSR count). The van der Waals surface area contributed by atoms with Gasteiger partial charge in [-0.25, -0.2) is 4.79 Å². The summed E-state index contributed by atoms with van der Waals surface area (Å²) in [5.41, 5.74) is 0.728. The molecule has 1 atom stereocenters. The van der Waals surface area contributed by atoms with Crippen molar-refractivity contribution in [1.29, 1.82) is 0 Å². The fourth-order valence-electron chi connectivity index (χ4n) is 4.47. The number of benzene rings is 2. The summed E-state index contributed by atoms with van der Waals surface area (Å²) >= 11 is 0. The number of methoxy groups -OCH3 is 1. The van der Waals surface area contributed by atoms with Gasteiger partial charge in [0.1, 0.15) is 11.9 Å². The van der Waals surface area contributed by atoms with Crippen LogP contribution in [0.4, 0.5) is 10.5 Å². The monoisotopic (exact) mass is 426 g/mol. The maximum Gasteiger partial charge on any atom is 0.414 e. The van der Waals surface area contributed by atoms with Crippen LogP contribution in [0.15, 0.2) is 42.5 Å². The number of carbonyl (C=O) groups excluding carboxylic acids is 1. The molecule has 2 saturated heterocycles. The van der Waals surface area contributed by atoms with Gasteiger partial charge in [-0.15, -0.1) is 0 Å². The molecule has 8 heteroatoms. The molecule has 3 aliphatic heterocycles. The van der Waals surface area contributed by atoms with Crippen molar-refractivity contribution in [3.05, 3.63) is 48.0 Å². The Morgan fingerprint density at radius 3 is 2.74 bits per heavy atom. The molecule has 164 valence electrons. The van der Waals surface area contributed by atoms with Crippen LogP contribution in [0.3, 0.4) is 0 Å². The molecule has 2 aromatic carbocycles. The largest absolute Gasteiger partial charge is 0.497 e. The SMILES string of the molecule is COc1cccc(N2CC(CN3CCC(O)(c4ccc5c(c4)OCO5)CC3)OC2=O)c1. The first-order valence-electron chi connectivity index (χ1n) is 10.5. The minimum atomic E-state index is -0.892. The number of ether oxygens (including phenoxy) is 4. The normalized spacial score (nSPS) is 22.5. The van der Waals surface area contributed by atoms with Crippen molar-refractivity contribution in [2.45, 2.75) is 24.5 Å². The Hall–Kier alpha value is -2.97. The lowest BCUT2D eigenvalue weighted by Gasteiger charge is -2.39. The van der Waals surface area contributed by atoms with Crippen molar-refractivity contribution in [2.75, 3.05) is 45.0 Å². The molecule has 3 heterocycles. The summed E-state index contributed by atoms with van der Waals surface area (Å²) in [7, 11) is 1.60. The number of anilines is 1. The molecule has 0 spiro atoms. The average Bonchev–Trinajstić information content (AvgIpc) is 3.41. The number of rotatable bonds is 5. The molecule has 2 aromatic rings. The highest BCUT2D eigenvalue weighted by Gasteiger charge is 2.38. The fraction of sp³-hybridized carbons (Fsp3) is 0.435. The molecule has 1 unspecified atom stereocenters. The van der Waals surface area contributed by atoms with Crippen molar-refractivity contribution >= 4 is 11.8 Å². The molecule has 0 bridgehead atoms. The Kier molecular flexibility index (Phi) is 5.11. The predicted octanol–water partition coefficient (Wildman–Crippen LogP) is 2.73. The van der Waals surface area contributed by atoms with Crippen LogP contribution in [0, 0.1) is 0 Å². The lowest BCUT2D eigenvalue weighted by molar-refractivity contribution is -0.0325. The molecule has 31 heavy (non-hydrogen) atoms. The number of hydrogen-bond acceptors (Lipinski definition) is 7. The maximum absolute atomic E-state index is 12.4. The van der Waals surface area contributed by atoms with Gasteiger partial charge in [0.05, 0.1) is 24.9 Å². The zero-order valence-electron chi connectivity index (χ0n) is 17.5. The van der Waals surface area contributed by atoms with Crippen LogP contribution in [0.25, 0.3) is 0 Å². The molecule has 0 saturated carbocycles. The predicted molar refractivity (Wildman–Crippen MR) is 113 cm³/mol. The smallest absolute Gasteiger partial charge is 0.414 e. The number of cyclic esters (lactones) is 1. The minimum absolute atomic E-state index is 0.213. The molecule has 0 radical (unpaired) electrons. The molecule has 0 aliphatic carbocycles. The van der Waals surface area contributed by atoms with Crippen LogP contribution in [-0.4, -0.2) is 62.3 Å². The van der Waals surface area contributed by atoms with Gasteiger partial charge in [0.15, 0.2) is 11.5 Å². The van der Waals surface area contributed by atoms with E-state index in [4.69, 9.17) is 18.9 Å². The zero-order valence-corrected chi connectivity index (χ0v) is 17.5. The van der Waals surface area contributed by atoms with Crippen LogP contribution in [-0.2, 0) is 10.3 Å². The quantitative estimate of drug-likeness (QED) is 0.787. The summed E-state index contributed by atoms with van der Waals surface area (Å²) in [6.07, 6.45) is 0.655. The number of piperidine rings is 1. The van der Waals surface area contributed by atoms with Crippen molar-refractivity contribution in [1.82, 2.24) is 4.90 Å². The van der Waals surface area contributed by atoms with Gasteiger partial charge in [0.25, 0.3) is 0 Å². The number of amides is 1. The molecule has 1 amide bonds. The lowest BCUT2D eigenvalue weighted by Crippen LogP contribution is -2.45. The molecule has 2 fully saturated rings. The summed E-state index contributed by atoms with van der Waals surface area (Å²) in [6, 6.07) is 13.0. The molecule has 3 aliphatic rings. The Labute approximate surface area is 180 Å². The van der Waals surface area contributed by atoms with Gasteiger partial charge in [-0.1, -0.05) is 12.1 Å². The second-order valence-electron chi connectivity index (χ2n) is 8.22. The number of carbonyl (C=O) groups is 1. The second kappa shape index (κ2) is 7.94. The van der Waals surface area contributed by atoms with Crippen molar-refractivity contribution < 1.29 is 28.8 Å². The van der Waals surface area contributed by atoms with Gasteiger partial charge in [-0.2, -0.15) is 0 Å². The van der Waals surface area contributed by atoms with E-state index in [1.807, 2.05) is 42.5 Å². The van der Waals surface area contributed by atoms with Crippen LogP contribution in [0.1, 0.15) is 18.4 Å². The first kappa shape index (κ1) is 20.0. The number of nitrogens with zero attached hydrogens (tertiary/aromatic N) is 2. The third-order valence-corrected chi connectivity index (χ3v) is 6.29. The van der Waals surface area contributed by atoms with E-state index in [0.717, 1.165) is 24.3 Å².